The summed E-state index contributed by atoms with van der Waals surface area (Å²) in [6.45, 7) is 0.413. The number of nitrogens with one attached hydrogen (secondary N) is 2. The van der Waals surface area contributed by atoms with Crippen LogP contribution in [0.4, 0.5) is 11.4 Å². The van der Waals surface area contributed by atoms with E-state index in [-0.39, 0.29) is 10.6 Å². The van der Waals surface area contributed by atoms with E-state index in [1.807, 2.05) is 18.2 Å². The van der Waals surface area contributed by atoms with Gasteiger partial charge < -0.3 is 5.73 Å². The lowest BCUT2D eigenvalue weighted by Crippen LogP contribution is -2.29. The lowest BCUT2D eigenvalue weighted by molar-refractivity contribution is 0.592. The summed E-state index contributed by atoms with van der Waals surface area (Å²) in [5, 5.41) is 19.7. The molecular formula is C17H16N6O2S. The van der Waals surface area contributed by atoms with E-state index in [4.69, 9.17) is 16.4 Å². The summed E-state index contributed by atoms with van der Waals surface area (Å²) in [6, 6.07) is 15.1. The van der Waals surface area contributed by atoms with Crippen molar-refractivity contribution in [1.29, 1.82) is 10.7 Å². The van der Waals surface area contributed by atoms with Crippen LogP contribution in [-0.4, -0.2) is 26.5 Å². The predicted molar refractivity (Wildman–Crippen MR) is 99.7 cm³/mol. The van der Waals surface area contributed by atoms with E-state index >= 15 is 0 Å². The number of hydrogen-bond donors (Lipinski definition) is 3. The Kier molecular flexibility index (Phi) is 4.60. The van der Waals surface area contributed by atoms with Gasteiger partial charge in [-0.1, -0.05) is 18.2 Å². The second-order valence-corrected chi connectivity index (χ2v) is 7.44. The van der Waals surface area contributed by atoms with Crippen molar-refractivity contribution in [3.8, 4) is 6.07 Å². The van der Waals surface area contributed by atoms with Gasteiger partial charge >= 0.3 is 0 Å². The Morgan fingerprint density at radius 3 is 2.58 bits per heavy atom. The minimum Gasteiger partial charge on any atom is -0.382 e. The summed E-state index contributed by atoms with van der Waals surface area (Å²) in [6.07, 6.45) is 0.686. The molecule has 0 atom stereocenters. The number of nitrogens with zero attached hydrogens (tertiary/aromatic N) is 3. The summed E-state index contributed by atoms with van der Waals surface area (Å²) in [4.78, 5) is 0.163. The highest BCUT2D eigenvalue weighted by Crippen LogP contribution is 2.32. The molecule has 0 bridgehead atoms. The molecule has 2 aromatic rings. The second kappa shape index (κ2) is 6.85. The average Bonchev–Trinajstić information content (AvgIpc) is 3.07. The molecule has 0 amide bonds. The van der Waals surface area contributed by atoms with Crippen molar-refractivity contribution < 1.29 is 8.42 Å². The van der Waals surface area contributed by atoms with Crippen LogP contribution in [-0.2, 0) is 16.4 Å². The third kappa shape index (κ3) is 3.22. The van der Waals surface area contributed by atoms with Crippen molar-refractivity contribution in [3.05, 3.63) is 54.1 Å². The molecule has 8 nitrogen and oxygen atoms in total. The summed E-state index contributed by atoms with van der Waals surface area (Å²) >= 11 is 0. The molecule has 0 unspecified atom stereocenters. The van der Waals surface area contributed by atoms with Crippen molar-refractivity contribution in [1.82, 2.24) is 0 Å². The molecule has 0 fully saturated rings. The smallest absolute Gasteiger partial charge is 0.264 e. The molecule has 132 valence electrons. The van der Waals surface area contributed by atoms with Gasteiger partial charge in [-0.3, -0.25) is 15.1 Å². The number of hydrazone groups is 1. The van der Waals surface area contributed by atoms with Crippen molar-refractivity contribution in [2.45, 2.75) is 11.3 Å². The second-order valence-electron chi connectivity index (χ2n) is 5.58. The van der Waals surface area contributed by atoms with E-state index in [0.29, 0.717) is 24.3 Å². The Morgan fingerprint density at radius 1 is 1.23 bits per heavy atom. The first-order valence-corrected chi connectivity index (χ1v) is 9.16. The third-order valence-electron chi connectivity index (χ3n) is 3.94. The van der Waals surface area contributed by atoms with Gasteiger partial charge in [-0.15, -0.1) is 0 Å². The van der Waals surface area contributed by atoms with Gasteiger partial charge in [0.25, 0.3) is 10.0 Å². The van der Waals surface area contributed by atoms with E-state index in [1.165, 1.54) is 28.6 Å². The zero-order valence-electron chi connectivity index (χ0n) is 13.7. The highest BCUT2D eigenvalue weighted by Gasteiger charge is 2.30. The van der Waals surface area contributed by atoms with E-state index in [2.05, 4.69) is 10.5 Å². The summed E-state index contributed by atoms with van der Waals surface area (Å²) in [7, 11) is -3.65. The van der Waals surface area contributed by atoms with Crippen LogP contribution in [0.5, 0.6) is 0 Å². The zero-order valence-corrected chi connectivity index (χ0v) is 14.5. The normalized spacial score (nSPS) is 13.8. The SMILES string of the molecule is N#C/C(=N\Nc1ccc(S(=O)(=O)N2CCc3ccccc32)cc1)C(=N)N. The molecule has 1 aliphatic heterocycles. The Morgan fingerprint density at radius 2 is 1.92 bits per heavy atom. The first kappa shape index (κ1) is 17.4. The van der Waals surface area contributed by atoms with E-state index < -0.39 is 15.9 Å². The summed E-state index contributed by atoms with van der Waals surface area (Å²) in [5.41, 5.74) is 9.72. The molecule has 0 spiro atoms. The number of amidine groups is 1. The molecule has 26 heavy (non-hydrogen) atoms. The molecule has 0 saturated carbocycles. The summed E-state index contributed by atoms with van der Waals surface area (Å²) < 4.78 is 27.2. The fraction of sp³-hybridized carbons (Fsp3) is 0.118. The number of rotatable bonds is 5. The first-order chi connectivity index (χ1) is 12.4. The zero-order chi connectivity index (χ0) is 18.7. The maximum absolute atomic E-state index is 12.9. The number of benzene rings is 2. The van der Waals surface area contributed by atoms with Gasteiger partial charge in [0.2, 0.25) is 5.71 Å². The molecule has 0 saturated heterocycles. The molecule has 4 N–H and O–H groups in total. The molecular weight excluding hydrogens is 352 g/mol. The van der Waals surface area contributed by atoms with E-state index in [9.17, 15) is 8.42 Å². The number of sulfonamides is 1. The molecule has 3 rings (SSSR count). The highest BCUT2D eigenvalue weighted by molar-refractivity contribution is 7.92. The minimum absolute atomic E-state index is 0.163. The number of nitriles is 1. The fourth-order valence-electron chi connectivity index (χ4n) is 2.65. The van der Waals surface area contributed by atoms with Crippen LogP contribution in [0.2, 0.25) is 0 Å². The van der Waals surface area contributed by atoms with Gasteiger partial charge in [-0.25, -0.2) is 8.42 Å². The van der Waals surface area contributed by atoms with Crippen LogP contribution in [0, 0.1) is 16.7 Å². The van der Waals surface area contributed by atoms with Gasteiger partial charge in [0.05, 0.1) is 16.3 Å². The predicted octanol–water partition coefficient (Wildman–Crippen LogP) is 1.67. The minimum atomic E-state index is -3.65. The topological polar surface area (TPSA) is 135 Å². The van der Waals surface area contributed by atoms with Crippen molar-refractivity contribution in [2.24, 2.45) is 10.8 Å². The number of hydrogen-bond acceptors (Lipinski definition) is 6. The molecule has 0 radical (unpaired) electrons. The number of anilines is 2. The van der Waals surface area contributed by atoms with E-state index in [0.717, 1.165) is 5.56 Å². The lowest BCUT2D eigenvalue weighted by Gasteiger charge is -2.19. The van der Waals surface area contributed by atoms with Crippen LogP contribution < -0.4 is 15.5 Å². The lowest BCUT2D eigenvalue weighted by atomic mass is 10.2. The summed E-state index contributed by atoms with van der Waals surface area (Å²) in [5.74, 6) is -0.452. The highest BCUT2D eigenvalue weighted by atomic mass is 32.2. The molecule has 9 heteroatoms. The van der Waals surface area contributed by atoms with E-state index in [1.54, 1.807) is 12.1 Å². The molecule has 0 aliphatic carbocycles. The average molecular weight is 368 g/mol. The molecule has 1 heterocycles. The standard InChI is InChI=1S/C17H16N6O2S/c18-11-15(17(19)20)22-21-13-5-7-14(8-6-13)26(24,25)23-10-9-12-3-1-2-4-16(12)23/h1-8,21H,9-10H2,(H3,19,20)/b22-15+. The van der Waals surface area contributed by atoms with Crippen LogP contribution in [0.25, 0.3) is 0 Å². The number of para-hydroxylation sites is 1. The largest absolute Gasteiger partial charge is 0.382 e. The maximum Gasteiger partial charge on any atom is 0.264 e. The van der Waals surface area contributed by atoms with Gasteiger partial charge in [0.15, 0.2) is 5.84 Å². The van der Waals surface area contributed by atoms with Crippen LogP contribution in [0.1, 0.15) is 5.56 Å². The quantitative estimate of drug-likeness (QED) is 0.419. The Labute approximate surface area is 151 Å². The Hall–Kier alpha value is -3.38. The van der Waals surface area contributed by atoms with Crippen molar-refractivity contribution in [2.75, 3.05) is 16.3 Å². The van der Waals surface area contributed by atoms with Gasteiger partial charge in [-0.2, -0.15) is 10.4 Å². The van der Waals surface area contributed by atoms with Crippen LogP contribution >= 0.6 is 0 Å². The van der Waals surface area contributed by atoms with Crippen LogP contribution in [0.15, 0.2) is 58.5 Å². The van der Waals surface area contributed by atoms with Crippen LogP contribution in [0.3, 0.4) is 0 Å². The van der Waals surface area contributed by atoms with Crippen molar-refractivity contribution in [3.63, 3.8) is 0 Å². The van der Waals surface area contributed by atoms with Crippen molar-refractivity contribution >= 4 is 32.9 Å². The number of fused-ring (bicyclic) bond motifs is 1. The first-order valence-electron chi connectivity index (χ1n) is 7.72. The number of nitrogens with two attached hydrogens (primary N) is 1. The van der Waals surface area contributed by atoms with Gasteiger partial charge in [0.1, 0.15) is 6.07 Å². The third-order valence-corrected chi connectivity index (χ3v) is 5.77. The van der Waals surface area contributed by atoms with Gasteiger partial charge in [0, 0.05) is 6.54 Å². The molecule has 2 aromatic carbocycles. The Balaban J connectivity index is 1.83. The maximum atomic E-state index is 12.9. The molecule has 1 aliphatic rings. The molecule has 0 aromatic heterocycles. The Bertz CT molecular complexity index is 1020. The fourth-order valence-corrected chi connectivity index (χ4v) is 4.16. The van der Waals surface area contributed by atoms with Gasteiger partial charge in [-0.05, 0) is 42.3 Å². The monoisotopic (exact) mass is 368 g/mol.